The molecular formula is C13H18O. The predicted octanol–water partition coefficient (Wildman–Crippen LogP) is 2.88. The minimum Gasteiger partial charge on any atom is -0.392 e. The van der Waals surface area contributed by atoms with Gasteiger partial charge in [0.2, 0.25) is 0 Å². The smallest absolute Gasteiger partial charge is 0.0608 e. The molecule has 1 nitrogen and oxygen atoms in total. The van der Waals surface area contributed by atoms with Crippen molar-refractivity contribution in [1.82, 2.24) is 0 Å². The summed E-state index contributed by atoms with van der Waals surface area (Å²) in [7, 11) is 0. The van der Waals surface area contributed by atoms with Gasteiger partial charge in [-0.1, -0.05) is 37.6 Å². The van der Waals surface area contributed by atoms with Crippen LogP contribution in [0.25, 0.3) is 0 Å². The lowest BCUT2D eigenvalue weighted by molar-refractivity contribution is 0.164. The third kappa shape index (κ3) is 1.83. The maximum atomic E-state index is 9.81. The first-order valence-electron chi connectivity index (χ1n) is 5.58. The molecule has 2 atom stereocenters. The van der Waals surface area contributed by atoms with Crippen molar-refractivity contribution in [2.24, 2.45) is 0 Å². The number of hydrogen-bond acceptors (Lipinski definition) is 1. The molecule has 1 fully saturated rings. The minimum absolute atomic E-state index is 0.109. The number of aliphatic hydroxyl groups excluding tert-OH is 1. The normalized spacial score (nSPS) is 26.7. The summed E-state index contributed by atoms with van der Waals surface area (Å²) in [6.07, 6.45) is 4.26. The molecule has 1 aliphatic rings. The van der Waals surface area contributed by atoms with Gasteiger partial charge in [0, 0.05) is 5.92 Å². The predicted molar refractivity (Wildman–Crippen MR) is 58.4 cm³/mol. The van der Waals surface area contributed by atoms with E-state index in [1.807, 2.05) is 0 Å². The van der Waals surface area contributed by atoms with Gasteiger partial charge in [-0.25, -0.2) is 0 Å². The van der Waals surface area contributed by atoms with Crippen LogP contribution in [-0.2, 0) is 6.42 Å². The standard InChI is InChI=1S/C13H18O/c1-2-10-5-3-6-11(9-10)12-7-4-8-13(12)14/h3,5-6,9,12-14H,2,4,7-8H2,1H3. The fourth-order valence-electron chi connectivity index (χ4n) is 2.37. The summed E-state index contributed by atoms with van der Waals surface area (Å²) < 4.78 is 0. The summed E-state index contributed by atoms with van der Waals surface area (Å²) in [6.45, 7) is 2.17. The summed E-state index contributed by atoms with van der Waals surface area (Å²) in [5.74, 6) is 0.390. The Labute approximate surface area is 85.8 Å². The van der Waals surface area contributed by atoms with E-state index >= 15 is 0 Å². The molecule has 0 bridgehead atoms. The second kappa shape index (κ2) is 4.14. The molecule has 0 spiro atoms. The van der Waals surface area contributed by atoms with Crippen LogP contribution in [0.2, 0.25) is 0 Å². The van der Waals surface area contributed by atoms with E-state index in [2.05, 4.69) is 31.2 Å². The van der Waals surface area contributed by atoms with Crippen molar-refractivity contribution >= 4 is 0 Å². The van der Waals surface area contributed by atoms with Crippen molar-refractivity contribution in [3.63, 3.8) is 0 Å². The Kier molecular flexibility index (Phi) is 2.87. The molecular weight excluding hydrogens is 172 g/mol. The summed E-state index contributed by atoms with van der Waals surface area (Å²) in [6, 6.07) is 8.67. The number of aryl methyl sites for hydroxylation is 1. The maximum absolute atomic E-state index is 9.81. The van der Waals surface area contributed by atoms with Crippen LogP contribution >= 0.6 is 0 Å². The van der Waals surface area contributed by atoms with E-state index in [4.69, 9.17) is 0 Å². The zero-order valence-electron chi connectivity index (χ0n) is 8.74. The lowest BCUT2D eigenvalue weighted by Crippen LogP contribution is -2.11. The SMILES string of the molecule is CCc1cccc(C2CCCC2O)c1. The highest BCUT2D eigenvalue weighted by molar-refractivity contribution is 5.27. The molecule has 1 saturated carbocycles. The molecule has 2 rings (SSSR count). The first-order chi connectivity index (χ1) is 6.81. The Bertz CT molecular complexity index is 306. The minimum atomic E-state index is -0.109. The summed E-state index contributed by atoms with van der Waals surface area (Å²) in [4.78, 5) is 0. The topological polar surface area (TPSA) is 20.2 Å². The van der Waals surface area contributed by atoms with Gasteiger partial charge >= 0.3 is 0 Å². The van der Waals surface area contributed by atoms with E-state index in [0.29, 0.717) is 5.92 Å². The molecule has 2 unspecified atom stereocenters. The van der Waals surface area contributed by atoms with Gasteiger partial charge < -0.3 is 5.11 Å². The molecule has 1 aliphatic carbocycles. The molecule has 0 aliphatic heterocycles. The van der Waals surface area contributed by atoms with Gasteiger partial charge in [-0.3, -0.25) is 0 Å². The van der Waals surface area contributed by atoms with Gasteiger partial charge in [-0.15, -0.1) is 0 Å². The van der Waals surface area contributed by atoms with Gasteiger partial charge in [0.05, 0.1) is 6.10 Å². The third-order valence-electron chi connectivity index (χ3n) is 3.27. The molecule has 0 heterocycles. The number of benzene rings is 1. The number of rotatable bonds is 2. The van der Waals surface area contributed by atoms with Crippen molar-refractivity contribution in [3.8, 4) is 0 Å². The highest BCUT2D eigenvalue weighted by Gasteiger charge is 2.26. The molecule has 0 saturated heterocycles. The summed E-state index contributed by atoms with van der Waals surface area (Å²) >= 11 is 0. The van der Waals surface area contributed by atoms with E-state index in [9.17, 15) is 5.11 Å². The van der Waals surface area contributed by atoms with Crippen LogP contribution in [0.3, 0.4) is 0 Å². The Morgan fingerprint density at radius 3 is 2.86 bits per heavy atom. The van der Waals surface area contributed by atoms with Crippen LogP contribution < -0.4 is 0 Å². The highest BCUT2D eigenvalue weighted by atomic mass is 16.3. The fraction of sp³-hybridized carbons (Fsp3) is 0.538. The maximum Gasteiger partial charge on any atom is 0.0608 e. The summed E-state index contributed by atoms with van der Waals surface area (Å²) in [5.41, 5.74) is 2.70. The van der Waals surface area contributed by atoms with Gasteiger partial charge in [-0.05, 0) is 30.4 Å². The Morgan fingerprint density at radius 2 is 2.21 bits per heavy atom. The molecule has 1 N–H and O–H groups in total. The first kappa shape index (κ1) is 9.72. The van der Waals surface area contributed by atoms with Gasteiger partial charge in [0.15, 0.2) is 0 Å². The zero-order chi connectivity index (χ0) is 9.97. The van der Waals surface area contributed by atoms with E-state index < -0.39 is 0 Å². The lowest BCUT2D eigenvalue weighted by atomic mass is 9.94. The third-order valence-corrected chi connectivity index (χ3v) is 3.27. The Balaban J connectivity index is 2.22. The average molecular weight is 190 g/mol. The van der Waals surface area contributed by atoms with Gasteiger partial charge in [0.25, 0.3) is 0 Å². The van der Waals surface area contributed by atoms with Gasteiger partial charge in [-0.2, -0.15) is 0 Å². The van der Waals surface area contributed by atoms with E-state index in [-0.39, 0.29) is 6.10 Å². The van der Waals surface area contributed by atoms with E-state index in [0.717, 1.165) is 19.3 Å². The van der Waals surface area contributed by atoms with Crippen LogP contribution in [0.15, 0.2) is 24.3 Å². The number of aliphatic hydroxyl groups is 1. The zero-order valence-corrected chi connectivity index (χ0v) is 8.74. The second-order valence-corrected chi connectivity index (χ2v) is 4.20. The molecule has 1 aromatic carbocycles. The molecule has 0 amide bonds. The highest BCUT2D eigenvalue weighted by Crippen LogP contribution is 2.34. The van der Waals surface area contributed by atoms with Crippen molar-refractivity contribution in [2.75, 3.05) is 0 Å². The molecule has 0 radical (unpaired) electrons. The van der Waals surface area contributed by atoms with Crippen molar-refractivity contribution in [2.45, 2.75) is 44.6 Å². The fourth-order valence-corrected chi connectivity index (χ4v) is 2.37. The Morgan fingerprint density at radius 1 is 1.36 bits per heavy atom. The molecule has 14 heavy (non-hydrogen) atoms. The average Bonchev–Trinajstić information content (AvgIpc) is 2.65. The van der Waals surface area contributed by atoms with Crippen LogP contribution in [0.5, 0.6) is 0 Å². The van der Waals surface area contributed by atoms with Crippen LogP contribution in [0.4, 0.5) is 0 Å². The molecule has 1 heteroatoms. The molecule has 0 aromatic heterocycles. The Hall–Kier alpha value is -0.820. The van der Waals surface area contributed by atoms with Crippen molar-refractivity contribution in [1.29, 1.82) is 0 Å². The first-order valence-corrected chi connectivity index (χ1v) is 5.58. The molecule has 76 valence electrons. The van der Waals surface area contributed by atoms with E-state index in [1.54, 1.807) is 0 Å². The lowest BCUT2D eigenvalue weighted by Gasteiger charge is -2.15. The monoisotopic (exact) mass is 190 g/mol. The van der Waals surface area contributed by atoms with Crippen molar-refractivity contribution < 1.29 is 5.11 Å². The molecule has 1 aromatic rings. The quantitative estimate of drug-likeness (QED) is 0.760. The summed E-state index contributed by atoms with van der Waals surface area (Å²) in [5, 5.41) is 9.81. The number of hydrogen-bond donors (Lipinski definition) is 1. The van der Waals surface area contributed by atoms with E-state index in [1.165, 1.54) is 17.5 Å². The second-order valence-electron chi connectivity index (χ2n) is 4.20. The largest absolute Gasteiger partial charge is 0.392 e. The van der Waals surface area contributed by atoms with Crippen LogP contribution in [0.1, 0.15) is 43.2 Å². The van der Waals surface area contributed by atoms with Crippen LogP contribution in [-0.4, -0.2) is 11.2 Å². The van der Waals surface area contributed by atoms with Crippen LogP contribution in [0, 0.1) is 0 Å². The van der Waals surface area contributed by atoms with Gasteiger partial charge in [0.1, 0.15) is 0 Å². The van der Waals surface area contributed by atoms with Crippen molar-refractivity contribution in [3.05, 3.63) is 35.4 Å².